The lowest BCUT2D eigenvalue weighted by atomic mass is 10.3. The molecule has 0 saturated heterocycles. The molecular formula is C15H36N2OP+. The van der Waals surface area contributed by atoms with Gasteiger partial charge in [0, 0.05) is 24.2 Å². The van der Waals surface area contributed by atoms with Gasteiger partial charge in [-0.25, -0.2) is 4.89 Å². The molecule has 1 N–H and O–H groups in total. The van der Waals surface area contributed by atoms with Gasteiger partial charge in [0.2, 0.25) is 0 Å². The van der Waals surface area contributed by atoms with E-state index < -0.39 is 7.79 Å². The fourth-order valence-electron chi connectivity index (χ4n) is 3.20. The molecule has 3 nitrogen and oxygen atoms in total. The molecule has 0 heterocycles. The van der Waals surface area contributed by atoms with Crippen molar-refractivity contribution in [2.24, 2.45) is 0 Å². The van der Waals surface area contributed by atoms with Crippen LogP contribution in [-0.2, 0) is 0 Å². The first-order valence-corrected chi connectivity index (χ1v) is 9.38. The fraction of sp³-hybridized carbons (Fsp3) is 1.00. The van der Waals surface area contributed by atoms with E-state index in [-0.39, 0.29) is 5.66 Å². The van der Waals surface area contributed by atoms with Crippen LogP contribution in [0, 0.1) is 0 Å². The van der Waals surface area contributed by atoms with Crippen LogP contribution < -0.4 is 0 Å². The summed E-state index contributed by atoms with van der Waals surface area (Å²) in [5, 5.41) is 0. The third kappa shape index (κ3) is 4.14. The smallest absolute Gasteiger partial charge is 0.213 e. The molecule has 0 aliphatic rings. The monoisotopic (exact) mass is 291 g/mol. The van der Waals surface area contributed by atoms with Gasteiger partial charge in [0.15, 0.2) is 0 Å². The highest BCUT2D eigenvalue weighted by Gasteiger charge is 2.56. The van der Waals surface area contributed by atoms with Gasteiger partial charge >= 0.3 is 0 Å². The van der Waals surface area contributed by atoms with E-state index in [0.29, 0.717) is 24.2 Å². The molecular weight excluding hydrogens is 255 g/mol. The second kappa shape index (κ2) is 7.36. The quantitative estimate of drug-likeness (QED) is 0.705. The van der Waals surface area contributed by atoms with Crippen molar-refractivity contribution in [1.29, 1.82) is 0 Å². The van der Waals surface area contributed by atoms with Gasteiger partial charge in [0.1, 0.15) is 5.66 Å². The van der Waals surface area contributed by atoms with Crippen LogP contribution >= 0.6 is 7.79 Å². The van der Waals surface area contributed by atoms with E-state index in [1.165, 1.54) is 0 Å². The van der Waals surface area contributed by atoms with Gasteiger partial charge in [-0.15, -0.1) is 9.34 Å². The molecule has 0 atom stereocenters. The summed E-state index contributed by atoms with van der Waals surface area (Å²) in [6.45, 7) is 21.8. The Balaban J connectivity index is 5.80. The van der Waals surface area contributed by atoms with Crippen molar-refractivity contribution in [1.82, 2.24) is 9.34 Å². The molecule has 0 aromatic heterocycles. The van der Waals surface area contributed by atoms with E-state index in [1.54, 1.807) is 0 Å². The third-order valence-electron chi connectivity index (χ3n) is 3.49. The van der Waals surface area contributed by atoms with Crippen LogP contribution in [-0.4, -0.2) is 44.1 Å². The van der Waals surface area contributed by atoms with Crippen LogP contribution in [0.15, 0.2) is 0 Å². The second-order valence-electron chi connectivity index (χ2n) is 6.84. The molecule has 0 rings (SSSR count). The molecule has 0 unspecified atom stereocenters. The molecule has 0 aromatic carbocycles. The molecule has 19 heavy (non-hydrogen) atoms. The standard InChI is InChI=1S/C15H36N2OP/c1-11(2)16(12(3)4)19(18,15(9)10)17(13(5)6)14(7)8/h11-15,18H,1-10H3/q+1. The summed E-state index contributed by atoms with van der Waals surface area (Å²) in [5.74, 6) is 0. The normalized spacial score (nSPS) is 14.2. The molecule has 0 fully saturated rings. The minimum atomic E-state index is -2.32. The summed E-state index contributed by atoms with van der Waals surface area (Å²) in [5.41, 5.74) is 0.252. The average molecular weight is 291 g/mol. The molecule has 0 spiro atoms. The van der Waals surface area contributed by atoms with Crippen molar-refractivity contribution in [2.45, 2.75) is 99.1 Å². The molecule has 0 amide bonds. The van der Waals surface area contributed by atoms with Crippen molar-refractivity contribution >= 4 is 7.79 Å². The van der Waals surface area contributed by atoms with Crippen LogP contribution in [0.2, 0.25) is 0 Å². The Kier molecular flexibility index (Phi) is 7.48. The topological polar surface area (TPSA) is 26.7 Å². The van der Waals surface area contributed by atoms with E-state index in [2.05, 4.69) is 78.6 Å². The van der Waals surface area contributed by atoms with Crippen molar-refractivity contribution in [3.05, 3.63) is 0 Å². The van der Waals surface area contributed by atoms with Gasteiger partial charge in [-0.05, 0) is 69.2 Å². The lowest BCUT2D eigenvalue weighted by molar-refractivity contribution is 0.199. The minimum Gasteiger partial charge on any atom is -0.213 e. The second-order valence-corrected chi connectivity index (χ2v) is 10.0. The number of hydrogen-bond acceptors (Lipinski definition) is 3. The van der Waals surface area contributed by atoms with E-state index in [1.807, 2.05) is 0 Å². The highest BCUT2D eigenvalue weighted by molar-refractivity contribution is 7.66. The molecule has 0 radical (unpaired) electrons. The lowest BCUT2D eigenvalue weighted by Gasteiger charge is -2.46. The van der Waals surface area contributed by atoms with E-state index in [0.717, 1.165) is 0 Å². The Morgan fingerprint density at radius 2 is 0.789 bits per heavy atom. The first kappa shape index (κ1) is 19.3. The molecule has 0 aromatic rings. The molecule has 0 aliphatic heterocycles. The van der Waals surface area contributed by atoms with Gasteiger partial charge in [0.25, 0.3) is 7.79 Å². The number of rotatable bonds is 7. The fourth-order valence-corrected chi connectivity index (χ4v) is 7.23. The van der Waals surface area contributed by atoms with Crippen molar-refractivity contribution < 1.29 is 4.89 Å². The van der Waals surface area contributed by atoms with E-state index in [4.69, 9.17) is 0 Å². The minimum absolute atomic E-state index is 0.252. The highest BCUT2D eigenvalue weighted by Crippen LogP contribution is 2.68. The third-order valence-corrected chi connectivity index (χ3v) is 8.08. The first-order chi connectivity index (χ1) is 8.47. The maximum absolute atomic E-state index is 11.7. The lowest BCUT2D eigenvalue weighted by Crippen LogP contribution is -2.50. The summed E-state index contributed by atoms with van der Waals surface area (Å²) >= 11 is 0. The van der Waals surface area contributed by atoms with Crippen LogP contribution in [0.1, 0.15) is 69.2 Å². The molecule has 0 aliphatic carbocycles. The summed E-state index contributed by atoms with van der Waals surface area (Å²) in [6.07, 6.45) is 0. The van der Waals surface area contributed by atoms with Gasteiger partial charge in [-0.3, -0.25) is 0 Å². The largest absolute Gasteiger partial charge is 0.289 e. The van der Waals surface area contributed by atoms with E-state index in [9.17, 15) is 4.89 Å². The predicted octanol–water partition coefficient (Wildman–Crippen LogP) is 4.39. The molecule has 4 heteroatoms. The Hall–Kier alpha value is 0.310. The van der Waals surface area contributed by atoms with E-state index >= 15 is 0 Å². The van der Waals surface area contributed by atoms with Gasteiger partial charge in [-0.2, -0.15) is 0 Å². The highest BCUT2D eigenvalue weighted by atomic mass is 31.2. The van der Waals surface area contributed by atoms with Crippen molar-refractivity contribution in [2.75, 3.05) is 0 Å². The predicted molar refractivity (Wildman–Crippen MR) is 88.5 cm³/mol. The summed E-state index contributed by atoms with van der Waals surface area (Å²) in [7, 11) is -2.32. The van der Waals surface area contributed by atoms with Crippen molar-refractivity contribution in [3.8, 4) is 0 Å². The maximum atomic E-state index is 11.7. The summed E-state index contributed by atoms with van der Waals surface area (Å²) in [6, 6.07) is 1.39. The first-order valence-electron chi connectivity index (χ1n) is 7.66. The summed E-state index contributed by atoms with van der Waals surface area (Å²) in [4.78, 5) is 11.7. The van der Waals surface area contributed by atoms with Gasteiger partial charge < -0.3 is 0 Å². The summed E-state index contributed by atoms with van der Waals surface area (Å²) < 4.78 is 4.69. The maximum Gasteiger partial charge on any atom is 0.289 e. The zero-order valence-corrected chi connectivity index (χ0v) is 15.6. The zero-order valence-electron chi connectivity index (χ0n) is 14.7. The molecule has 0 saturated carbocycles. The van der Waals surface area contributed by atoms with Crippen LogP contribution in [0.4, 0.5) is 0 Å². The number of nitrogens with zero attached hydrogens (tertiary/aromatic N) is 2. The van der Waals surface area contributed by atoms with Crippen LogP contribution in [0.25, 0.3) is 0 Å². The van der Waals surface area contributed by atoms with Gasteiger partial charge in [0.05, 0.1) is 0 Å². The van der Waals surface area contributed by atoms with Crippen LogP contribution in [0.5, 0.6) is 0 Å². The Labute approximate surface area is 121 Å². The SMILES string of the molecule is CC(C)N(C(C)C)[P+](O)(C(C)C)N(C(C)C)C(C)C. The van der Waals surface area contributed by atoms with Crippen LogP contribution in [0.3, 0.4) is 0 Å². The average Bonchev–Trinajstić information content (AvgIpc) is 2.13. The van der Waals surface area contributed by atoms with Crippen molar-refractivity contribution in [3.63, 3.8) is 0 Å². The zero-order chi connectivity index (χ0) is 15.5. The Bertz CT molecular complexity index is 229. The Morgan fingerprint density at radius 3 is 0.895 bits per heavy atom. The molecule has 0 bridgehead atoms. The number of hydrogen-bond donors (Lipinski definition) is 1. The molecule has 116 valence electrons. The Morgan fingerprint density at radius 1 is 0.579 bits per heavy atom. The van der Waals surface area contributed by atoms with Gasteiger partial charge in [-0.1, -0.05) is 0 Å².